The van der Waals surface area contributed by atoms with Crippen molar-refractivity contribution in [3.05, 3.63) is 59.0 Å². The first kappa shape index (κ1) is 14.0. The minimum Gasteiger partial charge on any atom is -0.435 e. The number of pyridine rings is 1. The van der Waals surface area contributed by atoms with Crippen molar-refractivity contribution >= 4 is 5.69 Å². The van der Waals surface area contributed by atoms with Crippen molar-refractivity contribution in [3.63, 3.8) is 0 Å². The molecule has 4 nitrogen and oxygen atoms in total. The fourth-order valence-corrected chi connectivity index (χ4v) is 1.72. The van der Waals surface area contributed by atoms with E-state index in [4.69, 9.17) is 0 Å². The van der Waals surface area contributed by atoms with Crippen LogP contribution >= 0.6 is 0 Å². The molecule has 1 aromatic carbocycles. The van der Waals surface area contributed by atoms with E-state index in [0.29, 0.717) is 13.1 Å². The van der Waals surface area contributed by atoms with Gasteiger partial charge in [-0.1, -0.05) is 6.07 Å². The molecule has 1 N–H and O–H groups in total. The van der Waals surface area contributed by atoms with Crippen molar-refractivity contribution in [2.24, 2.45) is 0 Å². The van der Waals surface area contributed by atoms with Crippen molar-refractivity contribution in [2.75, 3.05) is 11.9 Å². The number of aromatic nitrogens is 1. The Balaban J connectivity index is 1.85. The number of anilines is 1. The van der Waals surface area contributed by atoms with E-state index in [-0.39, 0.29) is 11.3 Å². The monoisotopic (exact) mass is 280 g/mol. The zero-order valence-corrected chi connectivity index (χ0v) is 10.6. The summed E-state index contributed by atoms with van der Waals surface area (Å²) in [6.07, 6.45) is 1.71. The van der Waals surface area contributed by atoms with Gasteiger partial charge in [-0.2, -0.15) is 8.78 Å². The van der Waals surface area contributed by atoms with Crippen LogP contribution in [-0.4, -0.2) is 17.7 Å². The van der Waals surface area contributed by atoms with Crippen molar-refractivity contribution in [3.8, 4) is 5.75 Å². The van der Waals surface area contributed by atoms with Crippen LogP contribution in [0.15, 0.2) is 53.5 Å². The molecule has 0 aliphatic rings. The Bertz CT molecular complexity index is 597. The minimum absolute atomic E-state index is 0.0602. The van der Waals surface area contributed by atoms with Crippen molar-refractivity contribution in [1.82, 2.24) is 4.57 Å². The van der Waals surface area contributed by atoms with E-state index in [1.807, 2.05) is 0 Å². The predicted octanol–water partition coefficient (Wildman–Crippen LogP) is 2.56. The van der Waals surface area contributed by atoms with Crippen molar-refractivity contribution in [2.45, 2.75) is 13.2 Å². The molecule has 0 saturated carbocycles. The van der Waals surface area contributed by atoms with Crippen molar-refractivity contribution < 1.29 is 13.5 Å². The second kappa shape index (κ2) is 6.70. The van der Waals surface area contributed by atoms with Crippen LogP contribution in [0.3, 0.4) is 0 Å². The number of alkyl halides is 2. The number of ether oxygens (including phenoxy) is 1. The third-order valence-corrected chi connectivity index (χ3v) is 2.66. The standard InChI is InChI=1S/C14H14F2N2O2/c15-14(16)20-12-6-4-11(5-7-12)17-8-10-18-9-2-1-3-13(18)19/h1-7,9,14,17H,8,10H2. The molecule has 2 aromatic rings. The van der Waals surface area contributed by atoms with Crippen molar-refractivity contribution in [1.29, 1.82) is 0 Å². The third kappa shape index (κ3) is 4.08. The predicted molar refractivity (Wildman–Crippen MR) is 72.3 cm³/mol. The Morgan fingerprint density at radius 3 is 2.55 bits per heavy atom. The number of hydrogen-bond donors (Lipinski definition) is 1. The van der Waals surface area contributed by atoms with Gasteiger partial charge in [0.05, 0.1) is 0 Å². The Kier molecular flexibility index (Phi) is 4.70. The van der Waals surface area contributed by atoms with E-state index >= 15 is 0 Å². The van der Waals surface area contributed by atoms with E-state index in [0.717, 1.165) is 5.69 Å². The molecule has 20 heavy (non-hydrogen) atoms. The molecule has 0 aliphatic heterocycles. The zero-order chi connectivity index (χ0) is 14.4. The maximum atomic E-state index is 12.0. The summed E-state index contributed by atoms with van der Waals surface area (Å²) >= 11 is 0. The van der Waals surface area contributed by atoms with Gasteiger partial charge in [-0.3, -0.25) is 4.79 Å². The molecule has 1 heterocycles. The van der Waals surface area contributed by atoms with Gasteiger partial charge in [0.15, 0.2) is 0 Å². The van der Waals surface area contributed by atoms with Gasteiger partial charge in [0.2, 0.25) is 0 Å². The normalized spacial score (nSPS) is 10.6. The van der Waals surface area contributed by atoms with Crippen LogP contribution in [0.1, 0.15) is 0 Å². The summed E-state index contributed by atoms with van der Waals surface area (Å²) in [6, 6.07) is 11.2. The first-order valence-corrected chi connectivity index (χ1v) is 6.09. The first-order chi connectivity index (χ1) is 9.65. The van der Waals surface area contributed by atoms with Gasteiger partial charge >= 0.3 is 6.61 Å². The number of benzene rings is 1. The minimum atomic E-state index is -2.82. The molecule has 0 amide bonds. The average Bonchev–Trinajstić information content (AvgIpc) is 2.42. The van der Waals surface area contributed by atoms with Crippen LogP contribution < -0.4 is 15.6 Å². The van der Waals surface area contributed by atoms with Gasteiger partial charge in [-0.15, -0.1) is 0 Å². The maximum absolute atomic E-state index is 12.0. The van der Waals surface area contributed by atoms with Gasteiger partial charge in [-0.05, 0) is 30.3 Å². The second-order valence-corrected chi connectivity index (χ2v) is 4.06. The van der Waals surface area contributed by atoms with Gasteiger partial charge in [-0.25, -0.2) is 0 Å². The first-order valence-electron chi connectivity index (χ1n) is 6.09. The quantitative estimate of drug-likeness (QED) is 0.884. The topological polar surface area (TPSA) is 43.3 Å². The van der Waals surface area contributed by atoms with Crippen LogP contribution in [0.2, 0.25) is 0 Å². The van der Waals surface area contributed by atoms with Crippen LogP contribution in [-0.2, 0) is 6.54 Å². The van der Waals surface area contributed by atoms with Gasteiger partial charge < -0.3 is 14.6 Å². The number of halogens is 2. The lowest BCUT2D eigenvalue weighted by molar-refractivity contribution is -0.0498. The summed E-state index contributed by atoms with van der Waals surface area (Å²) in [5.41, 5.74) is 0.713. The molecule has 6 heteroatoms. The van der Waals surface area contributed by atoms with E-state index in [2.05, 4.69) is 10.1 Å². The van der Waals surface area contributed by atoms with Gasteiger partial charge in [0.1, 0.15) is 5.75 Å². The maximum Gasteiger partial charge on any atom is 0.387 e. The number of hydrogen-bond acceptors (Lipinski definition) is 3. The Morgan fingerprint density at radius 2 is 1.90 bits per heavy atom. The van der Waals surface area contributed by atoms with Gasteiger partial charge in [0, 0.05) is 31.0 Å². The lowest BCUT2D eigenvalue weighted by atomic mass is 10.3. The Hall–Kier alpha value is -2.37. The molecular weight excluding hydrogens is 266 g/mol. The molecule has 0 saturated heterocycles. The summed E-state index contributed by atoms with van der Waals surface area (Å²) in [4.78, 5) is 11.5. The highest BCUT2D eigenvalue weighted by molar-refractivity contribution is 5.46. The Labute approximate surface area is 114 Å². The highest BCUT2D eigenvalue weighted by Gasteiger charge is 2.03. The highest BCUT2D eigenvalue weighted by Crippen LogP contribution is 2.17. The van der Waals surface area contributed by atoms with Crippen LogP contribution in [0.4, 0.5) is 14.5 Å². The van der Waals surface area contributed by atoms with Crippen LogP contribution in [0.25, 0.3) is 0 Å². The molecular formula is C14H14F2N2O2. The van der Waals surface area contributed by atoms with E-state index in [1.165, 1.54) is 18.2 Å². The summed E-state index contributed by atoms with van der Waals surface area (Å²) in [6.45, 7) is -1.74. The number of nitrogens with one attached hydrogen (secondary N) is 1. The molecule has 1 aromatic heterocycles. The Morgan fingerprint density at radius 1 is 1.15 bits per heavy atom. The number of rotatable bonds is 6. The smallest absolute Gasteiger partial charge is 0.387 e. The molecule has 0 atom stereocenters. The lowest BCUT2D eigenvalue weighted by Crippen LogP contribution is -2.21. The molecule has 0 fully saturated rings. The summed E-state index contributed by atoms with van der Waals surface area (Å²) < 4.78 is 29.8. The SMILES string of the molecule is O=c1ccccn1CCNc1ccc(OC(F)F)cc1. The van der Waals surface area contributed by atoms with Crippen LogP contribution in [0.5, 0.6) is 5.75 Å². The molecule has 106 valence electrons. The average molecular weight is 280 g/mol. The van der Waals surface area contributed by atoms with Gasteiger partial charge in [0.25, 0.3) is 5.56 Å². The molecule has 0 aliphatic carbocycles. The molecule has 2 rings (SSSR count). The summed E-state index contributed by atoms with van der Waals surface area (Å²) in [5.74, 6) is 0.116. The lowest BCUT2D eigenvalue weighted by Gasteiger charge is -2.09. The number of nitrogens with zero attached hydrogens (tertiary/aromatic N) is 1. The van der Waals surface area contributed by atoms with E-state index in [1.54, 1.807) is 35.0 Å². The fraction of sp³-hybridized carbons (Fsp3) is 0.214. The largest absolute Gasteiger partial charge is 0.435 e. The second-order valence-electron chi connectivity index (χ2n) is 4.06. The summed E-state index contributed by atoms with van der Waals surface area (Å²) in [5, 5.41) is 3.10. The molecule has 0 radical (unpaired) electrons. The highest BCUT2D eigenvalue weighted by atomic mass is 19.3. The molecule has 0 spiro atoms. The zero-order valence-electron chi connectivity index (χ0n) is 10.6. The van der Waals surface area contributed by atoms with E-state index in [9.17, 15) is 13.6 Å². The molecule has 0 unspecified atom stereocenters. The van der Waals surface area contributed by atoms with E-state index < -0.39 is 6.61 Å². The fourth-order valence-electron chi connectivity index (χ4n) is 1.72. The molecule has 0 bridgehead atoms. The third-order valence-electron chi connectivity index (χ3n) is 2.66. The summed E-state index contributed by atoms with van der Waals surface area (Å²) in [7, 11) is 0. The van der Waals surface area contributed by atoms with Crippen LogP contribution in [0, 0.1) is 0 Å².